The summed E-state index contributed by atoms with van der Waals surface area (Å²) in [5.41, 5.74) is 1.73. The molecule has 3 rings (SSSR count). The molecule has 3 aromatic rings. The summed E-state index contributed by atoms with van der Waals surface area (Å²) in [6.45, 7) is 1.97. The quantitative estimate of drug-likeness (QED) is 0.695. The van der Waals surface area contributed by atoms with Crippen molar-refractivity contribution in [3.05, 3.63) is 76.1 Å². The summed E-state index contributed by atoms with van der Waals surface area (Å²) in [6.07, 6.45) is 1.63. The van der Waals surface area contributed by atoms with Gasteiger partial charge in [0, 0.05) is 12.7 Å². The van der Waals surface area contributed by atoms with Crippen molar-refractivity contribution in [2.45, 2.75) is 13.5 Å². The number of para-hydroxylation sites is 1. The van der Waals surface area contributed by atoms with E-state index in [4.69, 9.17) is 4.74 Å². The number of hydrogen-bond donors (Lipinski definition) is 0. The van der Waals surface area contributed by atoms with E-state index in [0.29, 0.717) is 23.2 Å². The lowest BCUT2D eigenvalue weighted by molar-refractivity contribution is 0.101. The Kier molecular flexibility index (Phi) is 3.98. The van der Waals surface area contributed by atoms with E-state index in [1.807, 2.05) is 41.0 Å². The number of aromatic nitrogens is 1. The van der Waals surface area contributed by atoms with Crippen molar-refractivity contribution >= 4 is 16.7 Å². The van der Waals surface area contributed by atoms with Gasteiger partial charge in [-0.15, -0.1) is 0 Å². The highest BCUT2D eigenvalue weighted by Crippen LogP contribution is 2.24. The maximum absolute atomic E-state index is 12.6. The Bertz CT molecular complexity index is 926. The van der Waals surface area contributed by atoms with Crippen molar-refractivity contribution < 1.29 is 9.53 Å². The predicted octanol–water partition coefficient (Wildman–Crippen LogP) is 3.26. The minimum Gasteiger partial charge on any atom is -0.495 e. The van der Waals surface area contributed by atoms with Gasteiger partial charge in [-0.3, -0.25) is 9.59 Å². The van der Waals surface area contributed by atoms with Crippen molar-refractivity contribution in [1.29, 1.82) is 0 Å². The van der Waals surface area contributed by atoms with Crippen LogP contribution in [0.15, 0.2) is 59.5 Å². The van der Waals surface area contributed by atoms with E-state index in [2.05, 4.69) is 0 Å². The molecule has 0 atom stereocenters. The van der Waals surface area contributed by atoms with Gasteiger partial charge in [-0.1, -0.05) is 36.4 Å². The summed E-state index contributed by atoms with van der Waals surface area (Å²) in [5, 5.41) is 0.494. The molecule has 0 N–H and O–H groups in total. The number of pyridine rings is 1. The van der Waals surface area contributed by atoms with Gasteiger partial charge < -0.3 is 9.30 Å². The maximum Gasteiger partial charge on any atom is 0.200 e. The number of ether oxygens (including phenoxy) is 1. The standard InChI is InChI=1S/C19H17NO3/c1-13(21)16-12-20(11-14-7-4-3-5-8-14)18-15(19(16)22)9-6-10-17(18)23-2/h3-10,12H,11H2,1-2H3. The van der Waals surface area contributed by atoms with Gasteiger partial charge in [0.1, 0.15) is 5.75 Å². The molecule has 116 valence electrons. The first-order valence-corrected chi connectivity index (χ1v) is 7.37. The van der Waals surface area contributed by atoms with E-state index in [0.717, 1.165) is 5.56 Å². The van der Waals surface area contributed by atoms with Gasteiger partial charge in [-0.05, 0) is 24.6 Å². The molecule has 0 aliphatic rings. The molecule has 0 aliphatic heterocycles. The molecule has 0 aliphatic carbocycles. The van der Waals surface area contributed by atoms with E-state index in [1.165, 1.54) is 6.92 Å². The third kappa shape index (κ3) is 2.75. The Morgan fingerprint density at radius 2 is 1.83 bits per heavy atom. The summed E-state index contributed by atoms with van der Waals surface area (Å²) in [4.78, 5) is 24.4. The van der Waals surface area contributed by atoms with Crippen molar-refractivity contribution in [3.63, 3.8) is 0 Å². The Morgan fingerprint density at radius 1 is 1.09 bits per heavy atom. The lowest BCUT2D eigenvalue weighted by atomic mass is 10.1. The molecular formula is C19H17NO3. The van der Waals surface area contributed by atoms with Crippen LogP contribution in [0.5, 0.6) is 5.75 Å². The fourth-order valence-electron chi connectivity index (χ4n) is 2.75. The third-order valence-corrected chi connectivity index (χ3v) is 3.86. The molecule has 0 fully saturated rings. The highest BCUT2D eigenvalue weighted by molar-refractivity contribution is 5.98. The largest absolute Gasteiger partial charge is 0.495 e. The van der Waals surface area contributed by atoms with Crippen LogP contribution in [0.25, 0.3) is 10.9 Å². The molecule has 0 saturated heterocycles. The van der Waals surface area contributed by atoms with Crippen molar-refractivity contribution in [2.24, 2.45) is 0 Å². The number of hydrogen-bond acceptors (Lipinski definition) is 3. The molecule has 1 aromatic heterocycles. The predicted molar refractivity (Wildman–Crippen MR) is 90.3 cm³/mol. The number of benzene rings is 2. The van der Waals surface area contributed by atoms with Crippen LogP contribution in [0.1, 0.15) is 22.8 Å². The number of methoxy groups -OCH3 is 1. The number of nitrogens with zero attached hydrogens (tertiary/aromatic N) is 1. The Morgan fingerprint density at radius 3 is 2.48 bits per heavy atom. The first-order chi connectivity index (χ1) is 11.1. The average molecular weight is 307 g/mol. The summed E-state index contributed by atoms with van der Waals surface area (Å²) in [5.74, 6) is 0.382. The van der Waals surface area contributed by atoms with E-state index >= 15 is 0 Å². The fourth-order valence-corrected chi connectivity index (χ4v) is 2.75. The summed E-state index contributed by atoms with van der Waals surface area (Å²) in [7, 11) is 1.57. The molecule has 0 saturated carbocycles. The maximum atomic E-state index is 12.6. The number of carbonyl (C=O) groups excluding carboxylic acids is 1. The lowest BCUT2D eigenvalue weighted by Crippen LogP contribution is -2.18. The summed E-state index contributed by atoms with van der Waals surface area (Å²) < 4.78 is 7.32. The van der Waals surface area contributed by atoms with E-state index < -0.39 is 0 Å². The molecule has 4 heteroatoms. The second-order valence-corrected chi connectivity index (χ2v) is 5.40. The van der Waals surface area contributed by atoms with Gasteiger partial charge in [0.2, 0.25) is 0 Å². The number of rotatable bonds is 4. The van der Waals surface area contributed by atoms with Crippen LogP contribution in [0.2, 0.25) is 0 Å². The molecular weight excluding hydrogens is 290 g/mol. The second kappa shape index (κ2) is 6.08. The lowest BCUT2D eigenvalue weighted by Gasteiger charge is -2.15. The zero-order valence-corrected chi connectivity index (χ0v) is 13.1. The van der Waals surface area contributed by atoms with Crippen LogP contribution in [-0.4, -0.2) is 17.5 Å². The fraction of sp³-hybridized carbons (Fsp3) is 0.158. The number of fused-ring (bicyclic) bond motifs is 1. The smallest absolute Gasteiger partial charge is 0.200 e. The van der Waals surface area contributed by atoms with Gasteiger partial charge in [-0.25, -0.2) is 0 Å². The van der Waals surface area contributed by atoms with Gasteiger partial charge in [-0.2, -0.15) is 0 Å². The Hall–Kier alpha value is -2.88. The van der Waals surface area contributed by atoms with Crippen LogP contribution in [0.3, 0.4) is 0 Å². The van der Waals surface area contributed by atoms with Gasteiger partial charge in [0.05, 0.1) is 23.6 Å². The van der Waals surface area contributed by atoms with Gasteiger partial charge in [0.25, 0.3) is 0 Å². The third-order valence-electron chi connectivity index (χ3n) is 3.86. The van der Waals surface area contributed by atoms with Crippen molar-refractivity contribution in [3.8, 4) is 5.75 Å². The van der Waals surface area contributed by atoms with E-state index in [-0.39, 0.29) is 16.8 Å². The number of carbonyl (C=O) groups is 1. The van der Waals surface area contributed by atoms with E-state index in [1.54, 1.807) is 25.4 Å². The van der Waals surface area contributed by atoms with Crippen LogP contribution < -0.4 is 10.2 Å². The molecule has 0 spiro atoms. The first-order valence-electron chi connectivity index (χ1n) is 7.37. The Labute approximate surface area is 133 Å². The summed E-state index contributed by atoms with van der Waals surface area (Å²) >= 11 is 0. The van der Waals surface area contributed by atoms with E-state index in [9.17, 15) is 9.59 Å². The SMILES string of the molecule is COc1cccc2c(=O)c(C(C)=O)cn(Cc3ccccc3)c12. The number of Topliss-reactive ketones (excluding diaryl/α,β-unsaturated/α-hetero) is 1. The van der Waals surface area contributed by atoms with Crippen LogP contribution in [-0.2, 0) is 6.54 Å². The number of ketones is 1. The second-order valence-electron chi connectivity index (χ2n) is 5.40. The zero-order valence-electron chi connectivity index (χ0n) is 13.1. The average Bonchev–Trinajstić information content (AvgIpc) is 2.57. The molecule has 23 heavy (non-hydrogen) atoms. The van der Waals surface area contributed by atoms with Gasteiger partial charge in [0.15, 0.2) is 11.2 Å². The highest BCUT2D eigenvalue weighted by Gasteiger charge is 2.15. The minimum atomic E-state index is -0.254. The molecule has 0 amide bonds. The van der Waals surface area contributed by atoms with Crippen molar-refractivity contribution in [2.75, 3.05) is 7.11 Å². The minimum absolute atomic E-state index is 0.196. The normalized spacial score (nSPS) is 10.7. The molecule has 4 nitrogen and oxygen atoms in total. The molecule has 0 radical (unpaired) electrons. The molecule has 1 heterocycles. The Balaban J connectivity index is 2.32. The molecule has 0 unspecified atom stereocenters. The van der Waals surface area contributed by atoms with Crippen LogP contribution in [0.4, 0.5) is 0 Å². The first kappa shape index (κ1) is 15.0. The van der Waals surface area contributed by atoms with Crippen LogP contribution >= 0.6 is 0 Å². The van der Waals surface area contributed by atoms with Crippen molar-refractivity contribution in [1.82, 2.24) is 4.57 Å². The molecule has 0 bridgehead atoms. The monoisotopic (exact) mass is 307 g/mol. The zero-order chi connectivity index (χ0) is 16.4. The topological polar surface area (TPSA) is 48.3 Å². The summed E-state index contributed by atoms with van der Waals surface area (Å²) in [6, 6.07) is 15.2. The highest BCUT2D eigenvalue weighted by atomic mass is 16.5. The van der Waals surface area contributed by atoms with Crippen LogP contribution in [0, 0.1) is 0 Å². The van der Waals surface area contributed by atoms with Gasteiger partial charge >= 0.3 is 0 Å². The molecule has 2 aromatic carbocycles.